The molecule has 0 aliphatic rings. The maximum absolute atomic E-state index is 13.5. The van der Waals surface area contributed by atoms with Crippen molar-refractivity contribution in [1.82, 2.24) is 9.97 Å². The number of hydrogen-bond acceptors (Lipinski definition) is 4. The monoisotopic (exact) mass is 465 g/mol. The molecule has 31 heavy (non-hydrogen) atoms. The third kappa shape index (κ3) is 5.16. The van der Waals surface area contributed by atoms with E-state index in [9.17, 15) is 30.7 Å². The van der Waals surface area contributed by atoms with Crippen molar-refractivity contribution in [3.8, 4) is 11.6 Å². The van der Waals surface area contributed by atoms with E-state index in [1.165, 1.54) is 24.1 Å². The molecule has 0 saturated carbocycles. The lowest BCUT2D eigenvalue weighted by Crippen LogP contribution is -2.14. The van der Waals surface area contributed by atoms with Gasteiger partial charge in [-0.25, -0.2) is 14.4 Å². The number of aromatic nitrogens is 2. The molecular weight excluding hydrogens is 455 g/mol. The van der Waals surface area contributed by atoms with Gasteiger partial charge in [0, 0.05) is 18.8 Å². The van der Waals surface area contributed by atoms with Crippen molar-refractivity contribution >= 4 is 23.1 Å². The summed E-state index contributed by atoms with van der Waals surface area (Å²) in [6.07, 6.45) is -8.59. The molecule has 0 spiro atoms. The molecule has 3 aromatic rings. The van der Waals surface area contributed by atoms with Gasteiger partial charge in [-0.1, -0.05) is 11.6 Å². The van der Waals surface area contributed by atoms with Gasteiger partial charge in [-0.2, -0.15) is 26.3 Å². The highest BCUT2D eigenvalue weighted by Gasteiger charge is 2.35. The predicted molar refractivity (Wildman–Crippen MR) is 98.0 cm³/mol. The highest BCUT2D eigenvalue weighted by molar-refractivity contribution is 6.31. The van der Waals surface area contributed by atoms with Crippen LogP contribution in [0.1, 0.15) is 11.1 Å². The van der Waals surface area contributed by atoms with Crippen LogP contribution in [-0.2, 0) is 12.4 Å². The molecule has 12 heteroatoms. The molecule has 1 aromatic heterocycles. The van der Waals surface area contributed by atoms with Crippen molar-refractivity contribution in [2.75, 3.05) is 11.9 Å². The van der Waals surface area contributed by atoms with Gasteiger partial charge >= 0.3 is 12.4 Å². The summed E-state index contributed by atoms with van der Waals surface area (Å²) in [6.45, 7) is 0. The standard InChI is InChI=1S/C19H11ClF7N3O/c1-30(10-2-5-15(21)13(6-10)19(25,26)27)16-8-17(29-9-28-16)31-11-3-4-14(20)12(7-11)18(22,23)24/h2-9H,1H3. The molecule has 0 bridgehead atoms. The van der Waals surface area contributed by atoms with E-state index in [-0.39, 0.29) is 23.1 Å². The lowest BCUT2D eigenvalue weighted by molar-refractivity contribution is -0.140. The molecular formula is C19H11ClF7N3O. The zero-order valence-corrected chi connectivity index (χ0v) is 16.1. The number of halogens is 8. The van der Waals surface area contributed by atoms with Crippen LogP contribution < -0.4 is 9.64 Å². The minimum atomic E-state index is -4.90. The second-order valence-corrected chi connectivity index (χ2v) is 6.58. The summed E-state index contributed by atoms with van der Waals surface area (Å²) in [5.41, 5.74) is -2.60. The Morgan fingerprint density at radius 1 is 0.871 bits per heavy atom. The van der Waals surface area contributed by atoms with Gasteiger partial charge in [-0.15, -0.1) is 0 Å². The van der Waals surface area contributed by atoms with Gasteiger partial charge < -0.3 is 9.64 Å². The van der Waals surface area contributed by atoms with Crippen LogP contribution in [0.4, 0.5) is 42.2 Å². The minimum Gasteiger partial charge on any atom is -0.439 e. The topological polar surface area (TPSA) is 38.2 Å². The molecule has 1 heterocycles. The Bertz CT molecular complexity index is 1100. The maximum atomic E-state index is 13.5. The molecule has 3 rings (SSSR count). The molecule has 0 atom stereocenters. The van der Waals surface area contributed by atoms with Crippen LogP contribution in [0.15, 0.2) is 48.8 Å². The molecule has 0 N–H and O–H groups in total. The Balaban J connectivity index is 1.89. The number of benzene rings is 2. The Morgan fingerprint density at radius 2 is 1.55 bits per heavy atom. The van der Waals surface area contributed by atoms with Crippen molar-refractivity contribution in [3.63, 3.8) is 0 Å². The highest BCUT2D eigenvalue weighted by atomic mass is 35.5. The first-order chi connectivity index (χ1) is 14.4. The van der Waals surface area contributed by atoms with Gasteiger partial charge in [-0.3, -0.25) is 0 Å². The van der Waals surface area contributed by atoms with Gasteiger partial charge in [0.25, 0.3) is 0 Å². The molecule has 164 valence electrons. The summed E-state index contributed by atoms with van der Waals surface area (Å²) in [5.74, 6) is -1.77. The van der Waals surface area contributed by atoms with E-state index in [0.29, 0.717) is 18.2 Å². The fourth-order valence-electron chi connectivity index (χ4n) is 2.55. The number of alkyl halides is 6. The predicted octanol–water partition coefficient (Wildman–Crippen LogP) is 6.87. The first-order valence-electron chi connectivity index (χ1n) is 8.33. The van der Waals surface area contributed by atoms with Crippen LogP contribution in [0.3, 0.4) is 0 Å². The number of hydrogen-bond donors (Lipinski definition) is 0. The summed E-state index contributed by atoms with van der Waals surface area (Å²) in [4.78, 5) is 8.88. The summed E-state index contributed by atoms with van der Waals surface area (Å²) >= 11 is 5.56. The quantitative estimate of drug-likeness (QED) is 0.394. The molecule has 2 aromatic carbocycles. The average molecular weight is 466 g/mol. The Kier molecular flexibility index (Phi) is 5.99. The summed E-state index contributed by atoms with van der Waals surface area (Å²) in [5, 5.41) is -0.514. The molecule has 0 amide bonds. The molecule has 4 nitrogen and oxygen atoms in total. The van der Waals surface area contributed by atoms with Crippen LogP contribution in [0, 0.1) is 5.82 Å². The SMILES string of the molecule is CN(c1ccc(F)c(C(F)(F)F)c1)c1cc(Oc2ccc(Cl)c(C(F)(F)F)c2)ncn1. The first kappa shape index (κ1) is 22.6. The average Bonchev–Trinajstić information content (AvgIpc) is 2.68. The van der Waals surface area contributed by atoms with Gasteiger partial charge in [-0.05, 0) is 36.4 Å². The summed E-state index contributed by atoms with van der Waals surface area (Å²) in [7, 11) is 1.36. The summed E-state index contributed by atoms with van der Waals surface area (Å²) < 4.78 is 96.7. The van der Waals surface area contributed by atoms with E-state index in [1.54, 1.807) is 0 Å². The molecule has 0 radical (unpaired) electrons. The van der Waals surface area contributed by atoms with Crippen LogP contribution >= 0.6 is 11.6 Å². The molecule has 0 aliphatic heterocycles. The number of ether oxygens (including phenoxy) is 1. The fraction of sp³-hybridized carbons (Fsp3) is 0.158. The van der Waals surface area contributed by atoms with E-state index in [2.05, 4.69) is 9.97 Å². The van der Waals surface area contributed by atoms with Crippen molar-refractivity contribution in [1.29, 1.82) is 0 Å². The van der Waals surface area contributed by atoms with E-state index in [0.717, 1.165) is 18.5 Å². The zero-order valence-electron chi connectivity index (χ0n) is 15.4. The molecule has 0 aliphatic carbocycles. The Labute approximate surface area is 175 Å². The fourth-order valence-corrected chi connectivity index (χ4v) is 2.77. The zero-order chi connectivity index (χ0) is 23.0. The van der Waals surface area contributed by atoms with Crippen LogP contribution in [0.25, 0.3) is 0 Å². The second kappa shape index (κ2) is 8.22. The van der Waals surface area contributed by atoms with Crippen molar-refractivity contribution in [3.05, 3.63) is 70.8 Å². The normalized spacial score (nSPS) is 12.0. The second-order valence-electron chi connectivity index (χ2n) is 6.18. The smallest absolute Gasteiger partial charge is 0.419 e. The highest BCUT2D eigenvalue weighted by Crippen LogP contribution is 2.38. The van der Waals surface area contributed by atoms with Crippen molar-refractivity contribution < 1.29 is 35.5 Å². The largest absolute Gasteiger partial charge is 0.439 e. The van der Waals surface area contributed by atoms with Gasteiger partial charge in [0.1, 0.15) is 23.7 Å². The van der Waals surface area contributed by atoms with Gasteiger partial charge in [0.15, 0.2) is 0 Å². The maximum Gasteiger partial charge on any atom is 0.419 e. The van der Waals surface area contributed by atoms with Crippen molar-refractivity contribution in [2.24, 2.45) is 0 Å². The van der Waals surface area contributed by atoms with E-state index >= 15 is 0 Å². The van der Waals surface area contributed by atoms with Crippen LogP contribution in [0.2, 0.25) is 5.02 Å². The lowest BCUT2D eigenvalue weighted by atomic mass is 10.1. The third-order valence-electron chi connectivity index (χ3n) is 4.08. The lowest BCUT2D eigenvalue weighted by Gasteiger charge is -2.20. The van der Waals surface area contributed by atoms with Crippen molar-refractivity contribution in [2.45, 2.75) is 12.4 Å². The summed E-state index contributed by atoms with van der Waals surface area (Å²) in [6, 6.07) is 6.46. The Hall–Kier alpha value is -3.08. The number of anilines is 2. The van der Waals surface area contributed by atoms with Gasteiger partial charge in [0.2, 0.25) is 5.88 Å². The molecule has 0 fully saturated rings. The first-order valence-corrected chi connectivity index (χ1v) is 8.71. The Morgan fingerprint density at radius 3 is 2.19 bits per heavy atom. The minimum absolute atomic E-state index is 0.0378. The number of rotatable bonds is 4. The van der Waals surface area contributed by atoms with Gasteiger partial charge in [0.05, 0.1) is 16.1 Å². The molecule has 0 unspecified atom stereocenters. The van der Waals surface area contributed by atoms with E-state index in [1.807, 2.05) is 0 Å². The number of nitrogens with zero attached hydrogens (tertiary/aromatic N) is 3. The third-order valence-corrected chi connectivity index (χ3v) is 4.41. The van der Waals surface area contributed by atoms with Crippen LogP contribution in [0.5, 0.6) is 11.6 Å². The van der Waals surface area contributed by atoms with E-state index in [4.69, 9.17) is 16.3 Å². The molecule has 0 saturated heterocycles. The van der Waals surface area contributed by atoms with E-state index < -0.39 is 34.3 Å². The van der Waals surface area contributed by atoms with Crippen LogP contribution in [-0.4, -0.2) is 17.0 Å².